The summed E-state index contributed by atoms with van der Waals surface area (Å²) in [6, 6.07) is 20.6. The summed E-state index contributed by atoms with van der Waals surface area (Å²) in [4.78, 5) is 27.3. The number of anilines is 2. The fourth-order valence-corrected chi connectivity index (χ4v) is 5.71. The third kappa shape index (κ3) is 6.26. The summed E-state index contributed by atoms with van der Waals surface area (Å²) in [7, 11) is -4.01. The smallest absolute Gasteiger partial charge is 0.242 e. The molecule has 2 amide bonds. The van der Waals surface area contributed by atoms with E-state index in [1.54, 1.807) is 24.0 Å². The molecule has 8 heteroatoms. The Balaban J connectivity index is 1.57. The van der Waals surface area contributed by atoms with Crippen molar-refractivity contribution in [1.82, 2.24) is 4.72 Å². The minimum Gasteiger partial charge on any atom is -0.325 e. The highest BCUT2D eigenvalue weighted by Gasteiger charge is 2.29. The Hall–Kier alpha value is -3.49. The molecule has 7 nitrogen and oxygen atoms in total. The molecule has 0 saturated heterocycles. The number of hydrogen-bond donors (Lipinski definition) is 2. The minimum absolute atomic E-state index is 0.00788. The van der Waals surface area contributed by atoms with Crippen LogP contribution >= 0.6 is 0 Å². The van der Waals surface area contributed by atoms with Gasteiger partial charge in [0, 0.05) is 24.3 Å². The second kappa shape index (κ2) is 11.3. The van der Waals surface area contributed by atoms with Crippen LogP contribution in [0.4, 0.5) is 11.4 Å². The van der Waals surface area contributed by atoms with Crippen molar-refractivity contribution in [3.8, 4) is 0 Å². The first kappa shape index (κ1) is 26.6. The zero-order valence-electron chi connectivity index (χ0n) is 21.4. The molecule has 0 spiro atoms. The van der Waals surface area contributed by atoms with Crippen molar-refractivity contribution >= 4 is 33.2 Å². The van der Waals surface area contributed by atoms with Crippen LogP contribution in [0, 0.1) is 0 Å². The van der Waals surface area contributed by atoms with Crippen LogP contribution in [-0.2, 0) is 32.5 Å². The Bertz CT molecular complexity index is 1370. The highest BCUT2D eigenvalue weighted by atomic mass is 32.2. The molecule has 0 radical (unpaired) electrons. The van der Waals surface area contributed by atoms with Crippen molar-refractivity contribution in [2.45, 2.75) is 56.9 Å². The maximum absolute atomic E-state index is 13.4. The van der Waals surface area contributed by atoms with Crippen LogP contribution in [0.1, 0.15) is 49.8 Å². The molecule has 4 rings (SSSR count). The van der Waals surface area contributed by atoms with Crippen LogP contribution in [-0.4, -0.2) is 32.8 Å². The van der Waals surface area contributed by atoms with Gasteiger partial charge in [0.2, 0.25) is 21.8 Å². The van der Waals surface area contributed by atoms with Crippen LogP contribution in [0.5, 0.6) is 0 Å². The van der Waals surface area contributed by atoms with E-state index >= 15 is 0 Å². The van der Waals surface area contributed by atoms with Gasteiger partial charge < -0.3 is 10.2 Å². The van der Waals surface area contributed by atoms with Gasteiger partial charge in [-0.05, 0) is 65.8 Å². The van der Waals surface area contributed by atoms with Gasteiger partial charge in [0.1, 0.15) is 6.04 Å². The summed E-state index contributed by atoms with van der Waals surface area (Å²) in [5.41, 5.74) is 4.14. The molecule has 1 atom stereocenters. The fourth-order valence-electron chi connectivity index (χ4n) is 4.47. The monoisotopic (exact) mass is 519 g/mol. The van der Waals surface area contributed by atoms with Crippen molar-refractivity contribution in [2.75, 3.05) is 16.8 Å². The van der Waals surface area contributed by atoms with Gasteiger partial charge in [0.05, 0.1) is 4.90 Å². The predicted octanol–water partition coefficient (Wildman–Crippen LogP) is 4.64. The normalized spacial score (nSPS) is 13.9. The van der Waals surface area contributed by atoms with Gasteiger partial charge in [-0.3, -0.25) is 9.59 Å². The topological polar surface area (TPSA) is 95.6 Å². The molecular weight excluding hydrogens is 486 g/mol. The summed E-state index contributed by atoms with van der Waals surface area (Å²) in [6.07, 6.45) is 1.17. The van der Waals surface area contributed by atoms with Gasteiger partial charge in [-0.2, -0.15) is 4.72 Å². The van der Waals surface area contributed by atoms with Crippen molar-refractivity contribution in [3.63, 3.8) is 0 Å². The van der Waals surface area contributed by atoms with Crippen molar-refractivity contribution < 1.29 is 18.0 Å². The van der Waals surface area contributed by atoms with Crippen LogP contribution in [0.3, 0.4) is 0 Å². The molecule has 0 unspecified atom stereocenters. The highest BCUT2D eigenvalue weighted by molar-refractivity contribution is 7.89. The van der Waals surface area contributed by atoms with Gasteiger partial charge in [-0.15, -0.1) is 0 Å². The van der Waals surface area contributed by atoms with Crippen molar-refractivity contribution in [2.24, 2.45) is 0 Å². The van der Waals surface area contributed by atoms with E-state index in [0.29, 0.717) is 31.0 Å². The quantitative estimate of drug-likeness (QED) is 0.431. The van der Waals surface area contributed by atoms with Gasteiger partial charge >= 0.3 is 0 Å². The largest absolute Gasteiger partial charge is 0.325 e. The van der Waals surface area contributed by atoms with E-state index in [1.807, 2.05) is 54.6 Å². The average Bonchev–Trinajstić information content (AvgIpc) is 3.32. The predicted molar refractivity (Wildman–Crippen MR) is 146 cm³/mol. The first-order valence-electron chi connectivity index (χ1n) is 12.6. The number of rotatable bonds is 9. The Morgan fingerprint density at radius 3 is 2.32 bits per heavy atom. The lowest BCUT2D eigenvalue weighted by Gasteiger charge is -2.20. The average molecular weight is 520 g/mol. The summed E-state index contributed by atoms with van der Waals surface area (Å²) in [5, 5.41) is 2.86. The number of amides is 2. The van der Waals surface area contributed by atoms with Crippen molar-refractivity contribution in [1.29, 1.82) is 0 Å². The second-order valence-electron chi connectivity index (χ2n) is 9.57. The number of nitrogens with zero attached hydrogens (tertiary/aromatic N) is 1. The van der Waals surface area contributed by atoms with Crippen LogP contribution < -0.4 is 14.9 Å². The first-order valence-corrected chi connectivity index (χ1v) is 14.1. The van der Waals surface area contributed by atoms with E-state index in [4.69, 9.17) is 0 Å². The summed E-state index contributed by atoms with van der Waals surface area (Å²) < 4.78 is 29.4. The fraction of sp³-hybridized carbons (Fsp3) is 0.310. The Labute approximate surface area is 218 Å². The van der Waals surface area contributed by atoms with E-state index < -0.39 is 22.0 Å². The molecule has 0 saturated carbocycles. The first-order chi connectivity index (χ1) is 17.7. The SMILES string of the molecule is CCC(=O)N1CCc2cc(S(=O)(=O)N[C@@H](Cc3ccccc3)C(=O)Nc3ccc(C(C)C)cc3)ccc21. The Kier molecular flexibility index (Phi) is 8.10. The van der Waals surface area contributed by atoms with Crippen LogP contribution in [0.15, 0.2) is 77.7 Å². The maximum Gasteiger partial charge on any atom is 0.242 e. The lowest BCUT2D eigenvalue weighted by atomic mass is 10.0. The molecule has 37 heavy (non-hydrogen) atoms. The number of carbonyl (C=O) groups is 2. The molecular formula is C29H33N3O4S. The molecule has 3 aromatic rings. The molecule has 0 bridgehead atoms. The molecule has 0 fully saturated rings. The summed E-state index contributed by atoms with van der Waals surface area (Å²) >= 11 is 0. The van der Waals surface area contributed by atoms with Crippen LogP contribution in [0.2, 0.25) is 0 Å². The number of nitrogens with one attached hydrogen (secondary N) is 2. The zero-order chi connectivity index (χ0) is 26.6. The second-order valence-corrected chi connectivity index (χ2v) is 11.3. The number of benzene rings is 3. The van der Waals surface area contributed by atoms with Crippen LogP contribution in [0.25, 0.3) is 0 Å². The molecule has 3 aromatic carbocycles. The molecule has 2 N–H and O–H groups in total. The third-order valence-electron chi connectivity index (χ3n) is 6.60. The minimum atomic E-state index is -4.01. The molecule has 1 heterocycles. The van der Waals surface area contributed by atoms with Gasteiger partial charge in [0.15, 0.2) is 0 Å². The van der Waals surface area contributed by atoms with E-state index in [1.165, 1.54) is 6.07 Å². The number of fused-ring (bicyclic) bond motifs is 1. The van der Waals surface area contributed by atoms with E-state index in [2.05, 4.69) is 23.9 Å². The molecule has 1 aliphatic rings. The highest BCUT2D eigenvalue weighted by Crippen LogP contribution is 2.31. The number of carbonyl (C=O) groups excluding carboxylic acids is 2. The lowest BCUT2D eigenvalue weighted by molar-refractivity contribution is -0.118. The van der Waals surface area contributed by atoms with Gasteiger partial charge in [0.25, 0.3) is 0 Å². The van der Waals surface area contributed by atoms with E-state index in [-0.39, 0.29) is 17.2 Å². The summed E-state index contributed by atoms with van der Waals surface area (Å²) in [5.74, 6) is -0.0685. The Morgan fingerprint density at radius 2 is 1.68 bits per heavy atom. The molecule has 0 aliphatic carbocycles. The lowest BCUT2D eigenvalue weighted by Crippen LogP contribution is -2.45. The maximum atomic E-state index is 13.4. The summed E-state index contributed by atoms with van der Waals surface area (Å²) in [6.45, 7) is 6.53. The van der Waals surface area contributed by atoms with E-state index in [9.17, 15) is 18.0 Å². The Morgan fingerprint density at radius 1 is 0.973 bits per heavy atom. The molecule has 194 valence electrons. The zero-order valence-corrected chi connectivity index (χ0v) is 22.2. The van der Waals surface area contributed by atoms with Crippen molar-refractivity contribution in [3.05, 3.63) is 89.5 Å². The number of sulfonamides is 1. The van der Waals surface area contributed by atoms with E-state index in [0.717, 1.165) is 22.4 Å². The standard InChI is InChI=1S/C29H33N3O4S/c1-4-28(33)32-17-16-23-19-25(14-15-27(23)32)37(35,36)31-26(18-21-8-6-5-7-9-21)29(34)30-24-12-10-22(11-13-24)20(2)3/h5-15,19-20,26,31H,4,16-18H2,1-3H3,(H,30,34)/t26-/m0/s1. The van der Waals surface area contributed by atoms with Gasteiger partial charge in [-0.1, -0.05) is 63.2 Å². The molecule has 1 aliphatic heterocycles. The van der Waals surface area contributed by atoms with Gasteiger partial charge in [-0.25, -0.2) is 8.42 Å². The third-order valence-corrected chi connectivity index (χ3v) is 8.07. The molecule has 0 aromatic heterocycles. The number of hydrogen-bond acceptors (Lipinski definition) is 4.